The second-order valence-corrected chi connectivity index (χ2v) is 6.29. The van der Waals surface area contributed by atoms with E-state index >= 15 is 0 Å². The first-order valence-corrected chi connectivity index (χ1v) is 8.34. The predicted octanol–water partition coefficient (Wildman–Crippen LogP) is 1.37. The highest BCUT2D eigenvalue weighted by molar-refractivity contribution is 5.80. The number of piperazine rings is 1. The van der Waals surface area contributed by atoms with Crippen LogP contribution in [0.15, 0.2) is 0 Å². The Morgan fingerprint density at radius 2 is 2.10 bits per heavy atom. The van der Waals surface area contributed by atoms with Crippen LogP contribution in [0.3, 0.4) is 0 Å². The number of carbonyl (C=O) groups is 1. The average molecular weight is 298 g/mol. The van der Waals surface area contributed by atoms with Crippen molar-refractivity contribution in [1.29, 1.82) is 0 Å². The molecular weight excluding hydrogens is 268 g/mol. The molecule has 2 aliphatic rings. The van der Waals surface area contributed by atoms with E-state index in [9.17, 15) is 4.79 Å². The molecule has 5 heteroatoms. The number of carbonyl (C=O) groups excluding carboxylic acids is 1. The summed E-state index contributed by atoms with van der Waals surface area (Å²) in [6.07, 6.45) is 2.22. The Morgan fingerprint density at radius 3 is 2.71 bits per heavy atom. The summed E-state index contributed by atoms with van der Waals surface area (Å²) in [6.45, 7) is 11.8. The number of nitrogens with zero attached hydrogens (tertiary/aromatic N) is 2. The minimum absolute atomic E-state index is 0.145. The molecular formula is C16H30N2O3. The van der Waals surface area contributed by atoms with Crippen LogP contribution in [0.4, 0.5) is 0 Å². The highest BCUT2D eigenvalue weighted by Gasteiger charge is 2.30. The molecule has 5 nitrogen and oxygen atoms in total. The zero-order valence-electron chi connectivity index (χ0n) is 13.7. The summed E-state index contributed by atoms with van der Waals surface area (Å²) in [5.74, 6) is 0.849. The lowest BCUT2D eigenvalue weighted by Gasteiger charge is -2.40. The minimum atomic E-state index is -0.298. The number of ether oxygens (including phenoxy) is 2. The maximum absolute atomic E-state index is 12.4. The van der Waals surface area contributed by atoms with E-state index in [0.717, 1.165) is 46.0 Å². The first kappa shape index (κ1) is 16.7. The molecule has 0 aromatic heterocycles. The fourth-order valence-corrected chi connectivity index (χ4v) is 2.75. The van der Waals surface area contributed by atoms with Crippen LogP contribution in [0.5, 0.6) is 0 Å². The predicted molar refractivity (Wildman–Crippen MR) is 82.2 cm³/mol. The molecule has 1 aliphatic carbocycles. The zero-order valence-corrected chi connectivity index (χ0v) is 13.7. The molecule has 1 saturated heterocycles. The van der Waals surface area contributed by atoms with E-state index in [2.05, 4.69) is 11.8 Å². The summed E-state index contributed by atoms with van der Waals surface area (Å²) >= 11 is 0. The van der Waals surface area contributed by atoms with Gasteiger partial charge in [-0.3, -0.25) is 9.69 Å². The largest absolute Gasteiger partial charge is 0.380 e. The molecule has 0 radical (unpaired) electrons. The van der Waals surface area contributed by atoms with Gasteiger partial charge < -0.3 is 14.4 Å². The molecule has 0 N–H and O–H groups in total. The molecule has 1 saturated carbocycles. The van der Waals surface area contributed by atoms with E-state index in [-0.39, 0.29) is 12.0 Å². The first-order valence-electron chi connectivity index (χ1n) is 8.34. The van der Waals surface area contributed by atoms with Gasteiger partial charge in [0.05, 0.1) is 13.2 Å². The smallest absolute Gasteiger partial charge is 0.251 e. The van der Waals surface area contributed by atoms with Crippen molar-refractivity contribution in [3.05, 3.63) is 0 Å². The van der Waals surface area contributed by atoms with Crippen molar-refractivity contribution in [2.75, 3.05) is 46.0 Å². The van der Waals surface area contributed by atoms with Gasteiger partial charge in [-0.05, 0) is 39.5 Å². The van der Waals surface area contributed by atoms with E-state index in [4.69, 9.17) is 9.47 Å². The van der Waals surface area contributed by atoms with Gasteiger partial charge >= 0.3 is 0 Å². The van der Waals surface area contributed by atoms with Gasteiger partial charge in [0.1, 0.15) is 6.10 Å². The molecule has 122 valence electrons. The van der Waals surface area contributed by atoms with Crippen molar-refractivity contribution in [2.45, 2.75) is 45.8 Å². The van der Waals surface area contributed by atoms with Crippen LogP contribution >= 0.6 is 0 Å². The Hall–Kier alpha value is -0.650. The molecule has 1 aliphatic heterocycles. The van der Waals surface area contributed by atoms with Gasteiger partial charge in [-0.25, -0.2) is 0 Å². The number of rotatable bonds is 8. The monoisotopic (exact) mass is 298 g/mol. The molecule has 0 bridgehead atoms. The lowest BCUT2D eigenvalue weighted by atomic mass is 10.1. The van der Waals surface area contributed by atoms with Crippen LogP contribution in [-0.2, 0) is 14.3 Å². The fourth-order valence-electron chi connectivity index (χ4n) is 2.75. The molecule has 2 fully saturated rings. The van der Waals surface area contributed by atoms with E-state index < -0.39 is 0 Å². The molecule has 0 aromatic carbocycles. The Balaban J connectivity index is 1.70. The van der Waals surface area contributed by atoms with Gasteiger partial charge in [0.25, 0.3) is 5.91 Å². The first-order chi connectivity index (χ1) is 10.1. The maximum Gasteiger partial charge on any atom is 0.251 e. The van der Waals surface area contributed by atoms with Crippen molar-refractivity contribution in [3.63, 3.8) is 0 Å². The van der Waals surface area contributed by atoms with Gasteiger partial charge in [0.2, 0.25) is 0 Å². The third kappa shape index (κ3) is 5.24. The van der Waals surface area contributed by atoms with E-state index in [0.29, 0.717) is 12.0 Å². The normalized spacial score (nSPS) is 25.1. The molecule has 21 heavy (non-hydrogen) atoms. The lowest BCUT2D eigenvalue weighted by Crippen LogP contribution is -2.56. The molecule has 2 rings (SSSR count). The molecule has 0 aromatic rings. The standard InChI is InChI=1S/C16H30N2O3/c1-4-20-10-9-17-7-8-18(11-13(17)2)16(19)14(3)21-12-15-5-6-15/h13-15H,4-12H2,1-3H3. The van der Waals surface area contributed by atoms with Gasteiger partial charge in [0.15, 0.2) is 0 Å². The van der Waals surface area contributed by atoms with Crippen molar-refractivity contribution in [1.82, 2.24) is 9.80 Å². The molecule has 1 amide bonds. The topological polar surface area (TPSA) is 42.0 Å². The third-order valence-electron chi connectivity index (χ3n) is 4.43. The highest BCUT2D eigenvalue weighted by Crippen LogP contribution is 2.29. The van der Waals surface area contributed by atoms with Crippen LogP contribution in [0.25, 0.3) is 0 Å². The lowest BCUT2D eigenvalue weighted by molar-refractivity contribution is -0.146. The maximum atomic E-state index is 12.4. The zero-order chi connectivity index (χ0) is 15.2. The molecule has 2 unspecified atom stereocenters. The van der Waals surface area contributed by atoms with Crippen molar-refractivity contribution in [2.24, 2.45) is 5.92 Å². The summed E-state index contributed by atoms with van der Waals surface area (Å²) in [6, 6.07) is 0.388. The van der Waals surface area contributed by atoms with E-state index in [1.165, 1.54) is 12.8 Å². The summed E-state index contributed by atoms with van der Waals surface area (Å²) < 4.78 is 11.1. The van der Waals surface area contributed by atoms with Gasteiger partial charge in [-0.1, -0.05) is 0 Å². The second-order valence-electron chi connectivity index (χ2n) is 6.29. The Bertz CT molecular complexity index is 333. The Labute approximate surface area is 128 Å². The van der Waals surface area contributed by atoms with E-state index in [1.807, 2.05) is 18.7 Å². The van der Waals surface area contributed by atoms with Crippen LogP contribution in [0, 0.1) is 5.92 Å². The Kier molecular flexibility index (Phi) is 6.45. The van der Waals surface area contributed by atoms with E-state index in [1.54, 1.807) is 0 Å². The third-order valence-corrected chi connectivity index (χ3v) is 4.43. The van der Waals surface area contributed by atoms with Crippen molar-refractivity contribution in [3.8, 4) is 0 Å². The van der Waals surface area contributed by atoms with Crippen molar-refractivity contribution >= 4 is 5.91 Å². The summed E-state index contributed by atoms with van der Waals surface area (Å²) in [5, 5.41) is 0. The van der Waals surface area contributed by atoms with Crippen LogP contribution in [0.2, 0.25) is 0 Å². The quantitative estimate of drug-likeness (QED) is 0.635. The van der Waals surface area contributed by atoms with Gasteiger partial charge in [-0.2, -0.15) is 0 Å². The Morgan fingerprint density at radius 1 is 1.33 bits per heavy atom. The van der Waals surface area contributed by atoms with Gasteiger partial charge in [-0.15, -0.1) is 0 Å². The van der Waals surface area contributed by atoms with Crippen molar-refractivity contribution < 1.29 is 14.3 Å². The average Bonchev–Trinajstić information content (AvgIpc) is 3.30. The number of hydrogen-bond donors (Lipinski definition) is 0. The minimum Gasteiger partial charge on any atom is -0.380 e. The fraction of sp³-hybridized carbons (Fsp3) is 0.938. The second kappa shape index (κ2) is 8.11. The van der Waals surface area contributed by atoms with Gasteiger partial charge in [0, 0.05) is 38.8 Å². The molecule has 2 atom stereocenters. The number of hydrogen-bond acceptors (Lipinski definition) is 4. The molecule has 1 heterocycles. The van der Waals surface area contributed by atoms with Crippen LogP contribution in [0.1, 0.15) is 33.6 Å². The highest BCUT2D eigenvalue weighted by atomic mass is 16.5. The summed E-state index contributed by atoms with van der Waals surface area (Å²) in [7, 11) is 0. The summed E-state index contributed by atoms with van der Waals surface area (Å²) in [4.78, 5) is 16.8. The number of amides is 1. The molecule has 0 spiro atoms. The SMILES string of the molecule is CCOCCN1CCN(C(=O)C(C)OCC2CC2)CC1C. The van der Waals surface area contributed by atoms with Crippen LogP contribution < -0.4 is 0 Å². The van der Waals surface area contributed by atoms with Crippen LogP contribution in [-0.4, -0.2) is 73.9 Å². The summed E-state index contributed by atoms with van der Waals surface area (Å²) in [5.41, 5.74) is 0.